The Morgan fingerprint density at radius 3 is 2.65 bits per heavy atom. The highest BCUT2D eigenvalue weighted by atomic mass is 35.5. The van der Waals surface area contributed by atoms with Gasteiger partial charge in [0.1, 0.15) is 5.50 Å². The summed E-state index contributed by atoms with van der Waals surface area (Å²) in [4.78, 5) is 12.2. The van der Waals surface area contributed by atoms with Crippen LogP contribution in [0.1, 0.15) is 25.5 Å². The molecule has 0 aromatic heterocycles. The summed E-state index contributed by atoms with van der Waals surface area (Å²) in [7, 11) is 0. The van der Waals surface area contributed by atoms with Gasteiger partial charge < -0.3 is 10.1 Å². The highest BCUT2D eigenvalue weighted by molar-refractivity contribution is 7.80. The second kappa shape index (κ2) is 6.52. The van der Waals surface area contributed by atoms with Crippen molar-refractivity contribution in [1.29, 1.82) is 0 Å². The van der Waals surface area contributed by atoms with Crippen LogP contribution in [0.4, 0.5) is 0 Å². The first kappa shape index (κ1) is 15.2. The average Bonchev–Trinajstić information content (AvgIpc) is 2.38. The van der Waals surface area contributed by atoms with Gasteiger partial charge in [-0.25, -0.2) is 4.79 Å². The van der Waals surface area contributed by atoms with Gasteiger partial charge in [-0.1, -0.05) is 23.7 Å². The summed E-state index contributed by atoms with van der Waals surface area (Å²) in [5, 5.41) is 6.96. The van der Waals surface area contributed by atoms with E-state index in [-0.39, 0.29) is 17.5 Å². The minimum absolute atomic E-state index is 0.228. The van der Waals surface area contributed by atoms with Gasteiger partial charge in [0.15, 0.2) is 0 Å². The second-order valence-electron chi connectivity index (χ2n) is 4.46. The van der Waals surface area contributed by atoms with Crippen molar-refractivity contribution < 1.29 is 9.53 Å². The molecule has 2 unspecified atom stereocenters. The van der Waals surface area contributed by atoms with Crippen molar-refractivity contribution in [3.05, 3.63) is 46.1 Å². The zero-order chi connectivity index (χ0) is 14.7. The van der Waals surface area contributed by atoms with Crippen molar-refractivity contribution >= 4 is 30.2 Å². The maximum atomic E-state index is 12.2. The first-order valence-electron chi connectivity index (χ1n) is 6.37. The minimum atomic E-state index is -0.329. The van der Waals surface area contributed by atoms with Crippen LogP contribution in [-0.2, 0) is 9.53 Å². The van der Waals surface area contributed by atoms with Crippen LogP contribution in [0.15, 0.2) is 35.5 Å². The first-order valence-corrected chi connectivity index (χ1v) is 7.26. The summed E-state index contributed by atoms with van der Waals surface area (Å²) in [6.45, 7) is 3.97. The lowest BCUT2D eigenvalue weighted by molar-refractivity contribution is -0.139. The first-order chi connectivity index (χ1) is 9.52. The Labute approximate surface area is 128 Å². The van der Waals surface area contributed by atoms with E-state index in [1.54, 1.807) is 19.1 Å². The number of carbonyl (C=O) groups excluding carboxylic acids is 1. The van der Waals surface area contributed by atoms with E-state index in [9.17, 15) is 4.79 Å². The lowest BCUT2D eigenvalue weighted by atomic mass is 9.96. The highest BCUT2D eigenvalue weighted by Crippen LogP contribution is 2.29. The third-order valence-corrected chi connectivity index (χ3v) is 3.60. The van der Waals surface area contributed by atoms with E-state index in [1.165, 1.54) is 0 Å². The molecule has 20 heavy (non-hydrogen) atoms. The Balaban J connectivity index is 2.39. The van der Waals surface area contributed by atoms with Crippen molar-refractivity contribution in [1.82, 2.24) is 10.6 Å². The number of nitrogens with one attached hydrogen (secondary N) is 2. The highest BCUT2D eigenvalue weighted by Gasteiger charge is 2.31. The summed E-state index contributed by atoms with van der Waals surface area (Å²) in [5.74, 6) is -0.329. The molecular weight excluding hydrogens is 296 g/mol. The zero-order valence-electron chi connectivity index (χ0n) is 11.3. The molecule has 1 aliphatic heterocycles. The summed E-state index contributed by atoms with van der Waals surface area (Å²) in [6, 6.07) is 7.10. The lowest BCUT2D eigenvalue weighted by Gasteiger charge is -2.32. The molecular formula is C14H17ClN2O2S. The van der Waals surface area contributed by atoms with Crippen LogP contribution in [0.5, 0.6) is 0 Å². The third-order valence-electron chi connectivity index (χ3n) is 3.07. The molecule has 0 fully saturated rings. The van der Waals surface area contributed by atoms with Gasteiger partial charge in [-0.3, -0.25) is 5.32 Å². The van der Waals surface area contributed by atoms with E-state index < -0.39 is 0 Å². The molecule has 1 aliphatic rings. The van der Waals surface area contributed by atoms with E-state index in [0.29, 0.717) is 17.2 Å². The molecule has 6 heteroatoms. The topological polar surface area (TPSA) is 50.4 Å². The van der Waals surface area contributed by atoms with Gasteiger partial charge in [-0.15, -0.1) is 12.6 Å². The number of benzene rings is 1. The van der Waals surface area contributed by atoms with Gasteiger partial charge in [0.05, 0.1) is 18.2 Å². The molecule has 1 aromatic rings. The van der Waals surface area contributed by atoms with Crippen LogP contribution in [0.2, 0.25) is 5.02 Å². The predicted molar refractivity (Wildman–Crippen MR) is 82.6 cm³/mol. The van der Waals surface area contributed by atoms with Gasteiger partial charge in [-0.2, -0.15) is 0 Å². The van der Waals surface area contributed by atoms with Crippen molar-refractivity contribution in [2.75, 3.05) is 6.61 Å². The van der Waals surface area contributed by atoms with E-state index >= 15 is 0 Å². The number of esters is 1. The Morgan fingerprint density at radius 2 is 2.05 bits per heavy atom. The number of allylic oxidation sites excluding steroid dienone is 1. The fraction of sp³-hybridized carbons (Fsp3) is 0.357. The summed E-state index contributed by atoms with van der Waals surface area (Å²) in [6.07, 6.45) is 0. The SMILES string of the molecule is CCOC(=O)C1=C(C)NC(S)NC1c1ccc(Cl)cc1. The second-order valence-corrected chi connectivity index (χ2v) is 5.41. The van der Waals surface area contributed by atoms with Gasteiger partial charge in [0, 0.05) is 10.7 Å². The fourth-order valence-corrected chi connectivity index (χ4v) is 2.65. The average molecular weight is 313 g/mol. The normalized spacial score (nSPS) is 22.4. The molecule has 2 rings (SSSR count). The molecule has 1 heterocycles. The maximum absolute atomic E-state index is 12.2. The number of carbonyl (C=O) groups is 1. The van der Waals surface area contributed by atoms with E-state index in [4.69, 9.17) is 16.3 Å². The molecule has 0 amide bonds. The van der Waals surface area contributed by atoms with Gasteiger partial charge in [0.25, 0.3) is 0 Å². The van der Waals surface area contributed by atoms with Crippen molar-refractivity contribution in [2.45, 2.75) is 25.4 Å². The molecule has 2 atom stereocenters. The van der Waals surface area contributed by atoms with Crippen LogP contribution in [0, 0.1) is 0 Å². The number of ether oxygens (including phenoxy) is 1. The fourth-order valence-electron chi connectivity index (χ4n) is 2.18. The molecule has 2 N–H and O–H groups in total. The number of hydrogen-bond donors (Lipinski definition) is 3. The summed E-state index contributed by atoms with van der Waals surface area (Å²) in [5.41, 5.74) is 2.05. The summed E-state index contributed by atoms with van der Waals surface area (Å²) < 4.78 is 5.13. The number of thiol groups is 1. The number of hydrogen-bond acceptors (Lipinski definition) is 5. The molecule has 0 aliphatic carbocycles. The van der Waals surface area contributed by atoms with Gasteiger partial charge in [-0.05, 0) is 31.5 Å². The van der Waals surface area contributed by atoms with Crippen LogP contribution >= 0.6 is 24.2 Å². The van der Waals surface area contributed by atoms with Gasteiger partial charge in [0.2, 0.25) is 0 Å². The quantitative estimate of drug-likeness (QED) is 0.593. The van der Waals surface area contributed by atoms with Crippen molar-refractivity contribution in [3.8, 4) is 0 Å². The largest absolute Gasteiger partial charge is 0.463 e. The molecule has 1 aromatic carbocycles. The van der Waals surface area contributed by atoms with Gasteiger partial charge >= 0.3 is 5.97 Å². The minimum Gasteiger partial charge on any atom is -0.463 e. The van der Waals surface area contributed by atoms with Crippen molar-refractivity contribution in [3.63, 3.8) is 0 Å². The molecule has 0 bridgehead atoms. The number of rotatable bonds is 3. The monoisotopic (exact) mass is 312 g/mol. The standard InChI is InChI=1S/C14H17ClN2O2S/c1-3-19-13(18)11-8(2)16-14(20)17-12(11)9-4-6-10(15)7-5-9/h4-7,12,14,16-17,20H,3H2,1-2H3. The molecule has 0 spiro atoms. The molecule has 4 nitrogen and oxygen atoms in total. The summed E-state index contributed by atoms with van der Waals surface area (Å²) >= 11 is 10.3. The predicted octanol–water partition coefficient (Wildman–Crippen LogP) is 2.62. The Bertz CT molecular complexity index is 530. The van der Waals surface area contributed by atoms with E-state index in [0.717, 1.165) is 11.3 Å². The maximum Gasteiger partial charge on any atom is 0.337 e. The van der Waals surface area contributed by atoms with Crippen LogP contribution in [0.3, 0.4) is 0 Å². The Kier molecular flexibility index (Phi) is 4.96. The third kappa shape index (κ3) is 3.29. The smallest absolute Gasteiger partial charge is 0.337 e. The molecule has 0 saturated carbocycles. The Hall–Kier alpha value is -1.17. The lowest BCUT2D eigenvalue weighted by Crippen LogP contribution is -2.46. The number of halogens is 1. The van der Waals surface area contributed by atoms with Crippen LogP contribution < -0.4 is 10.6 Å². The van der Waals surface area contributed by atoms with Crippen LogP contribution in [-0.4, -0.2) is 18.1 Å². The Morgan fingerprint density at radius 1 is 1.40 bits per heavy atom. The molecule has 0 radical (unpaired) electrons. The molecule has 0 saturated heterocycles. The van der Waals surface area contributed by atoms with Crippen molar-refractivity contribution in [2.24, 2.45) is 0 Å². The van der Waals surface area contributed by atoms with Crippen LogP contribution in [0.25, 0.3) is 0 Å². The molecule has 108 valence electrons. The van der Waals surface area contributed by atoms with E-state index in [1.807, 2.05) is 19.1 Å². The zero-order valence-corrected chi connectivity index (χ0v) is 13.0. The van der Waals surface area contributed by atoms with E-state index in [2.05, 4.69) is 23.3 Å².